The van der Waals surface area contributed by atoms with Crippen molar-refractivity contribution in [3.8, 4) is 28.8 Å². The molecule has 2 aromatic rings. The minimum atomic E-state index is -0.964. The number of aromatic amines is 1. The molecule has 0 bridgehead atoms. The molecule has 1 aromatic carbocycles. The average molecular weight is 336 g/mol. The third-order valence-corrected chi connectivity index (χ3v) is 3.35. The molecule has 0 spiro atoms. The Morgan fingerprint density at radius 2 is 1.62 bits per heavy atom. The fraction of sp³-hybridized carbons (Fsp3) is 0.267. The van der Waals surface area contributed by atoms with Crippen LogP contribution in [0.25, 0.3) is 5.69 Å². The van der Waals surface area contributed by atoms with Gasteiger partial charge >= 0.3 is 5.69 Å². The minimum absolute atomic E-state index is 0.116. The first-order valence-electron chi connectivity index (χ1n) is 6.75. The Morgan fingerprint density at radius 1 is 1.08 bits per heavy atom. The molecule has 2 N–H and O–H groups in total. The van der Waals surface area contributed by atoms with Crippen molar-refractivity contribution in [2.75, 3.05) is 21.3 Å². The molecule has 0 aliphatic carbocycles. The highest BCUT2D eigenvalue weighted by Crippen LogP contribution is 2.39. The Balaban J connectivity index is 2.87. The number of hydrogen-bond donors (Lipinski definition) is 2. The molecule has 1 heterocycles. The summed E-state index contributed by atoms with van der Waals surface area (Å²) in [6.45, 7) is 1.11. The topological polar surface area (TPSA) is 120 Å². The zero-order chi connectivity index (χ0) is 18.0. The lowest BCUT2D eigenvalue weighted by Gasteiger charge is -2.16. The lowest BCUT2D eigenvalue weighted by Crippen LogP contribution is -2.32. The number of nitrogens with one attached hydrogen (secondary N) is 1. The molecule has 0 fully saturated rings. The second-order valence-electron chi connectivity index (χ2n) is 4.73. The number of aromatic nitrogens is 2. The average Bonchev–Trinajstić information content (AvgIpc) is 2.52. The van der Waals surface area contributed by atoms with Gasteiger partial charge in [0.2, 0.25) is 11.6 Å². The van der Waals surface area contributed by atoms with Crippen LogP contribution in [0.5, 0.6) is 23.1 Å². The van der Waals surface area contributed by atoms with Gasteiger partial charge in [0.05, 0.1) is 27.0 Å². The summed E-state index contributed by atoms with van der Waals surface area (Å²) in [6.07, 6.45) is 0. The van der Waals surface area contributed by atoms with Crippen molar-refractivity contribution in [3.63, 3.8) is 0 Å². The van der Waals surface area contributed by atoms with Gasteiger partial charge < -0.3 is 19.3 Å². The molecule has 0 radical (unpaired) electrons. The Bertz CT molecular complexity index is 886. The smallest absolute Gasteiger partial charge is 0.335 e. The fourth-order valence-electron chi connectivity index (χ4n) is 2.28. The van der Waals surface area contributed by atoms with Crippen LogP contribution in [0.3, 0.4) is 0 Å². The molecule has 0 aliphatic rings. The van der Waals surface area contributed by atoms with Crippen molar-refractivity contribution in [1.29, 1.82) is 0 Å². The maximum atomic E-state index is 12.1. The van der Waals surface area contributed by atoms with E-state index in [2.05, 4.69) is 0 Å². The summed E-state index contributed by atoms with van der Waals surface area (Å²) in [5, 5.41) is 10.2. The van der Waals surface area contributed by atoms with Crippen LogP contribution in [-0.4, -0.2) is 41.8 Å². The summed E-state index contributed by atoms with van der Waals surface area (Å²) in [4.78, 5) is 37.4. The van der Waals surface area contributed by atoms with E-state index in [-0.39, 0.29) is 22.9 Å². The number of ether oxygens (including phenoxy) is 3. The number of aromatic hydroxyl groups is 1. The van der Waals surface area contributed by atoms with Crippen LogP contribution in [0.1, 0.15) is 17.3 Å². The first-order chi connectivity index (χ1) is 11.3. The van der Waals surface area contributed by atoms with Crippen LogP contribution >= 0.6 is 0 Å². The number of carbonyl (C=O) groups excluding carboxylic acids is 1. The molecule has 0 saturated heterocycles. The molecule has 0 atom stereocenters. The van der Waals surface area contributed by atoms with E-state index in [9.17, 15) is 19.5 Å². The van der Waals surface area contributed by atoms with Gasteiger partial charge in [0.25, 0.3) is 5.56 Å². The number of Topliss-reactive ketones (excluding diaryl/α,β-unsaturated/α-hetero) is 1. The first kappa shape index (κ1) is 17.1. The lowest BCUT2D eigenvalue weighted by atomic mass is 10.2. The van der Waals surface area contributed by atoms with Gasteiger partial charge in [0.15, 0.2) is 17.3 Å². The largest absolute Gasteiger partial charge is 0.493 e. The van der Waals surface area contributed by atoms with Crippen molar-refractivity contribution in [2.45, 2.75) is 6.92 Å². The zero-order valence-corrected chi connectivity index (χ0v) is 13.5. The van der Waals surface area contributed by atoms with E-state index < -0.39 is 28.5 Å². The highest BCUT2D eigenvalue weighted by Gasteiger charge is 2.21. The summed E-state index contributed by atoms with van der Waals surface area (Å²) in [5.41, 5.74) is -2.29. The SMILES string of the molecule is COc1cc(-n2c(O)c(C(C)=O)c(=O)[nH]c2=O)cc(OC)c1OC. The van der Waals surface area contributed by atoms with Gasteiger partial charge in [0.1, 0.15) is 5.56 Å². The van der Waals surface area contributed by atoms with Gasteiger partial charge in [-0.15, -0.1) is 0 Å². The molecule has 9 heteroatoms. The summed E-state index contributed by atoms with van der Waals surface area (Å²) >= 11 is 0. The van der Waals surface area contributed by atoms with Crippen LogP contribution in [-0.2, 0) is 0 Å². The summed E-state index contributed by atoms with van der Waals surface area (Å²) in [5.74, 6) is -0.713. The molecule has 2 rings (SSSR count). The van der Waals surface area contributed by atoms with Crippen LogP contribution in [0.15, 0.2) is 21.7 Å². The summed E-state index contributed by atoms with van der Waals surface area (Å²) < 4.78 is 16.3. The Labute approximate surface area is 136 Å². The van der Waals surface area contributed by atoms with Crippen LogP contribution in [0.2, 0.25) is 0 Å². The molecule has 0 unspecified atom stereocenters. The molecule has 0 aliphatic heterocycles. The van der Waals surface area contributed by atoms with Gasteiger partial charge in [-0.1, -0.05) is 0 Å². The molecular weight excluding hydrogens is 320 g/mol. The number of carbonyl (C=O) groups is 1. The molecule has 0 amide bonds. The predicted molar refractivity (Wildman–Crippen MR) is 84.0 cm³/mol. The molecular formula is C15H16N2O7. The van der Waals surface area contributed by atoms with Crippen LogP contribution < -0.4 is 25.5 Å². The third kappa shape index (κ3) is 2.71. The van der Waals surface area contributed by atoms with E-state index in [1.54, 1.807) is 0 Å². The molecule has 1 aromatic heterocycles. The highest BCUT2D eigenvalue weighted by molar-refractivity contribution is 5.95. The fourth-order valence-corrected chi connectivity index (χ4v) is 2.28. The van der Waals surface area contributed by atoms with Crippen molar-refractivity contribution in [3.05, 3.63) is 38.5 Å². The van der Waals surface area contributed by atoms with E-state index in [0.29, 0.717) is 0 Å². The third-order valence-electron chi connectivity index (χ3n) is 3.35. The van der Waals surface area contributed by atoms with Crippen molar-refractivity contribution >= 4 is 5.78 Å². The molecule has 9 nitrogen and oxygen atoms in total. The number of nitrogens with zero attached hydrogens (tertiary/aromatic N) is 1. The Hall–Kier alpha value is -3.23. The molecule has 128 valence electrons. The maximum Gasteiger partial charge on any atom is 0.335 e. The Kier molecular flexibility index (Phi) is 4.63. The number of benzene rings is 1. The highest BCUT2D eigenvalue weighted by atomic mass is 16.5. The Morgan fingerprint density at radius 3 is 2.04 bits per heavy atom. The summed E-state index contributed by atoms with van der Waals surface area (Å²) in [6, 6.07) is 2.79. The lowest BCUT2D eigenvalue weighted by molar-refractivity contribution is 0.101. The van der Waals surface area contributed by atoms with Crippen molar-refractivity contribution in [2.24, 2.45) is 0 Å². The predicted octanol–water partition coefficient (Wildman–Crippen LogP) is 0.460. The molecule has 24 heavy (non-hydrogen) atoms. The minimum Gasteiger partial charge on any atom is -0.493 e. The summed E-state index contributed by atoms with van der Waals surface area (Å²) in [7, 11) is 4.19. The van der Waals surface area contributed by atoms with Gasteiger partial charge in [-0.2, -0.15) is 0 Å². The van der Waals surface area contributed by atoms with Gasteiger partial charge in [-0.25, -0.2) is 9.36 Å². The maximum absolute atomic E-state index is 12.1. The molecule has 0 saturated carbocycles. The van der Waals surface area contributed by atoms with E-state index in [1.165, 1.54) is 33.5 Å². The quantitative estimate of drug-likeness (QED) is 0.761. The number of hydrogen-bond acceptors (Lipinski definition) is 7. The van der Waals surface area contributed by atoms with Crippen molar-refractivity contribution in [1.82, 2.24) is 9.55 Å². The number of rotatable bonds is 5. The monoisotopic (exact) mass is 336 g/mol. The number of methoxy groups -OCH3 is 3. The van der Waals surface area contributed by atoms with E-state index in [0.717, 1.165) is 11.5 Å². The van der Waals surface area contributed by atoms with Crippen LogP contribution in [0.4, 0.5) is 0 Å². The van der Waals surface area contributed by atoms with Gasteiger partial charge in [-0.3, -0.25) is 14.6 Å². The standard InChI is InChI=1S/C15H16N2O7/c1-7(18)11-13(19)16-15(21)17(14(11)20)8-5-9(22-2)12(24-4)10(6-8)23-3/h5-6,20H,1-4H3,(H,16,19,21). The first-order valence-corrected chi connectivity index (χ1v) is 6.75. The number of ketones is 1. The number of H-pyrrole nitrogens is 1. The van der Waals surface area contributed by atoms with Crippen molar-refractivity contribution < 1.29 is 24.1 Å². The van der Waals surface area contributed by atoms with E-state index in [1.807, 2.05) is 4.98 Å². The zero-order valence-electron chi connectivity index (χ0n) is 13.5. The van der Waals surface area contributed by atoms with E-state index in [4.69, 9.17) is 14.2 Å². The van der Waals surface area contributed by atoms with Crippen LogP contribution in [0, 0.1) is 0 Å². The second kappa shape index (κ2) is 6.49. The van der Waals surface area contributed by atoms with Gasteiger partial charge in [0, 0.05) is 12.1 Å². The van der Waals surface area contributed by atoms with Gasteiger partial charge in [-0.05, 0) is 6.92 Å². The normalized spacial score (nSPS) is 10.3. The second-order valence-corrected chi connectivity index (χ2v) is 4.73. The van der Waals surface area contributed by atoms with E-state index >= 15 is 0 Å².